The Morgan fingerprint density at radius 3 is 2.58 bits per heavy atom. The molecule has 19 heavy (non-hydrogen) atoms. The molecule has 2 aromatic carbocycles. The first kappa shape index (κ1) is 13.8. The van der Waals surface area contributed by atoms with Crippen LogP contribution in [0.1, 0.15) is 5.56 Å². The Morgan fingerprint density at radius 2 is 1.79 bits per heavy atom. The molecule has 1 aromatic heterocycles. The zero-order valence-electron chi connectivity index (χ0n) is 10.1. The first-order valence-electron chi connectivity index (χ1n) is 5.76. The van der Waals surface area contributed by atoms with Gasteiger partial charge in [-0.05, 0) is 29.8 Å². The van der Waals surface area contributed by atoms with E-state index < -0.39 is 0 Å². The lowest BCUT2D eigenvalue weighted by molar-refractivity contribution is 0.306. The second-order valence-corrected chi connectivity index (χ2v) is 4.55. The van der Waals surface area contributed by atoms with Gasteiger partial charge < -0.3 is 9.72 Å². The van der Waals surface area contributed by atoms with Crippen LogP contribution < -0.4 is 4.74 Å². The highest BCUT2D eigenvalue weighted by atomic mass is 35.5. The Hall–Kier alpha value is -1.64. The van der Waals surface area contributed by atoms with Gasteiger partial charge >= 0.3 is 0 Å². The SMILES string of the molecule is Cl.Clc1cc2cc(OCc3ccccc3)ccc2[nH]1. The predicted octanol–water partition coefficient (Wildman–Crippen LogP) is 4.82. The van der Waals surface area contributed by atoms with Crippen molar-refractivity contribution in [2.45, 2.75) is 6.61 Å². The van der Waals surface area contributed by atoms with Crippen LogP contribution in [0, 0.1) is 0 Å². The Kier molecular flexibility index (Phi) is 4.35. The van der Waals surface area contributed by atoms with Gasteiger partial charge in [0, 0.05) is 10.9 Å². The standard InChI is InChI=1S/C15H12ClNO.ClH/c16-15-9-12-8-13(6-7-14(12)17-15)18-10-11-4-2-1-3-5-11;/h1-9,17H,10H2;1H. The molecule has 4 heteroatoms. The van der Waals surface area contributed by atoms with Crippen LogP contribution in [0.5, 0.6) is 5.75 Å². The predicted molar refractivity (Wildman–Crippen MR) is 81.3 cm³/mol. The van der Waals surface area contributed by atoms with Crippen molar-refractivity contribution >= 4 is 34.9 Å². The second-order valence-electron chi connectivity index (χ2n) is 4.14. The van der Waals surface area contributed by atoms with Crippen molar-refractivity contribution in [3.63, 3.8) is 0 Å². The zero-order chi connectivity index (χ0) is 12.4. The second kappa shape index (κ2) is 6.00. The summed E-state index contributed by atoms with van der Waals surface area (Å²) in [5.74, 6) is 0.849. The molecule has 1 heterocycles. The Balaban J connectivity index is 0.00000133. The monoisotopic (exact) mass is 293 g/mol. The largest absolute Gasteiger partial charge is 0.489 e. The van der Waals surface area contributed by atoms with E-state index in [1.165, 1.54) is 0 Å². The van der Waals surface area contributed by atoms with Gasteiger partial charge in [-0.25, -0.2) is 0 Å². The fourth-order valence-corrected chi connectivity index (χ4v) is 2.13. The lowest BCUT2D eigenvalue weighted by Crippen LogP contribution is -1.94. The smallest absolute Gasteiger partial charge is 0.120 e. The Labute approximate surface area is 122 Å². The number of H-pyrrole nitrogens is 1. The Bertz CT molecular complexity index is 664. The number of hydrogen-bond acceptors (Lipinski definition) is 1. The van der Waals surface area contributed by atoms with E-state index in [2.05, 4.69) is 4.98 Å². The molecule has 1 N–H and O–H groups in total. The summed E-state index contributed by atoms with van der Waals surface area (Å²) in [6.45, 7) is 0.574. The quantitative estimate of drug-likeness (QED) is 0.736. The molecular weight excluding hydrogens is 281 g/mol. The zero-order valence-corrected chi connectivity index (χ0v) is 11.7. The summed E-state index contributed by atoms with van der Waals surface area (Å²) in [5, 5.41) is 1.70. The topological polar surface area (TPSA) is 25.0 Å². The maximum atomic E-state index is 5.91. The number of benzene rings is 2. The molecule has 0 saturated carbocycles. The number of ether oxygens (including phenoxy) is 1. The van der Waals surface area contributed by atoms with Crippen LogP contribution in [0.15, 0.2) is 54.6 Å². The van der Waals surface area contributed by atoms with Crippen LogP contribution in [0.4, 0.5) is 0 Å². The summed E-state index contributed by atoms with van der Waals surface area (Å²) in [4.78, 5) is 3.07. The molecular formula is C15H13Cl2NO. The average Bonchev–Trinajstić information content (AvgIpc) is 2.77. The molecule has 0 aliphatic heterocycles. The van der Waals surface area contributed by atoms with Gasteiger partial charge in [0.25, 0.3) is 0 Å². The number of aromatic nitrogens is 1. The molecule has 98 valence electrons. The van der Waals surface area contributed by atoms with Gasteiger partial charge in [-0.15, -0.1) is 12.4 Å². The van der Waals surface area contributed by atoms with Crippen LogP contribution >= 0.6 is 24.0 Å². The molecule has 0 fully saturated rings. The lowest BCUT2D eigenvalue weighted by Gasteiger charge is -2.06. The van der Waals surface area contributed by atoms with Crippen molar-refractivity contribution in [2.24, 2.45) is 0 Å². The van der Waals surface area contributed by atoms with E-state index in [1.54, 1.807) is 0 Å². The van der Waals surface area contributed by atoms with E-state index in [0.717, 1.165) is 22.2 Å². The van der Waals surface area contributed by atoms with E-state index in [0.29, 0.717) is 11.8 Å². The summed E-state index contributed by atoms with van der Waals surface area (Å²) in [6, 6.07) is 17.9. The summed E-state index contributed by atoms with van der Waals surface area (Å²) >= 11 is 5.91. The maximum absolute atomic E-state index is 5.91. The van der Waals surface area contributed by atoms with Gasteiger partial charge in [-0.3, -0.25) is 0 Å². The van der Waals surface area contributed by atoms with E-state index in [9.17, 15) is 0 Å². The number of nitrogens with one attached hydrogen (secondary N) is 1. The lowest BCUT2D eigenvalue weighted by atomic mass is 10.2. The fraction of sp³-hybridized carbons (Fsp3) is 0.0667. The summed E-state index contributed by atoms with van der Waals surface area (Å²) < 4.78 is 5.75. The summed E-state index contributed by atoms with van der Waals surface area (Å²) in [5.41, 5.74) is 2.18. The molecule has 2 nitrogen and oxygen atoms in total. The third kappa shape index (κ3) is 3.22. The van der Waals surface area contributed by atoms with Gasteiger partial charge in [0.15, 0.2) is 0 Å². The van der Waals surface area contributed by atoms with E-state index in [1.807, 2.05) is 54.6 Å². The van der Waals surface area contributed by atoms with Crippen molar-refractivity contribution in [3.8, 4) is 5.75 Å². The van der Waals surface area contributed by atoms with Crippen molar-refractivity contribution in [3.05, 3.63) is 65.3 Å². The van der Waals surface area contributed by atoms with Crippen LogP contribution in [0.25, 0.3) is 10.9 Å². The number of halogens is 2. The number of hydrogen-bond donors (Lipinski definition) is 1. The Morgan fingerprint density at radius 1 is 1.00 bits per heavy atom. The molecule has 0 amide bonds. The minimum Gasteiger partial charge on any atom is -0.489 e. The molecule has 0 spiro atoms. The van der Waals surface area contributed by atoms with Crippen LogP contribution in [0.3, 0.4) is 0 Å². The molecule has 0 aliphatic carbocycles. The van der Waals surface area contributed by atoms with E-state index in [-0.39, 0.29) is 12.4 Å². The maximum Gasteiger partial charge on any atom is 0.120 e. The van der Waals surface area contributed by atoms with Gasteiger partial charge in [0.1, 0.15) is 17.5 Å². The minimum atomic E-state index is 0. The molecule has 0 bridgehead atoms. The van der Waals surface area contributed by atoms with Crippen molar-refractivity contribution in [2.75, 3.05) is 0 Å². The van der Waals surface area contributed by atoms with Gasteiger partial charge in [0.2, 0.25) is 0 Å². The van der Waals surface area contributed by atoms with Crippen molar-refractivity contribution in [1.29, 1.82) is 0 Å². The normalized spacial score (nSPS) is 10.2. The third-order valence-electron chi connectivity index (χ3n) is 2.81. The van der Waals surface area contributed by atoms with Gasteiger partial charge in [0.05, 0.1) is 0 Å². The van der Waals surface area contributed by atoms with Crippen LogP contribution in [-0.2, 0) is 6.61 Å². The van der Waals surface area contributed by atoms with Crippen LogP contribution in [-0.4, -0.2) is 4.98 Å². The highest BCUT2D eigenvalue weighted by Gasteiger charge is 2.01. The number of rotatable bonds is 3. The molecule has 0 saturated heterocycles. The average molecular weight is 294 g/mol. The van der Waals surface area contributed by atoms with Gasteiger partial charge in [-0.2, -0.15) is 0 Å². The van der Waals surface area contributed by atoms with Crippen molar-refractivity contribution < 1.29 is 4.74 Å². The van der Waals surface area contributed by atoms with Crippen LogP contribution in [0.2, 0.25) is 5.15 Å². The molecule has 0 unspecified atom stereocenters. The molecule has 3 aromatic rings. The molecule has 0 radical (unpaired) electrons. The number of aromatic amines is 1. The third-order valence-corrected chi connectivity index (χ3v) is 3.01. The first-order valence-corrected chi connectivity index (χ1v) is 6.14. The molecule has 0 aliphatic rings. The number of fused-ring (bicyclic) bond motifs is 1. The highest BCUT2D eigenvalue weighted by Crippen LogP contribution is 2.24. The molecule has 3 rings (SSSR count). The minimum absolute atomic E-state index is 0. The van der Waals surface area contributed by atoms with Crippen molar-refractivity contribution in [1.82, 2.24) is 4.98 Å². The summed E-state index contributed by atoms with van der Waals surface area (Å²) in [7, 11) is 0. The van der Waals surface area contributed by atoms with Gasteiger partial charge in [-0.1, -0.05) is 41.9 Å². The van der Waals surface area contributed by atoms with E-state index >= 15 is 0 Å². The fourth-order valence-electron chi connectivity index (χ4n) is 1.91. The summed E-state index contributed by atoms with van der Waals surface area (Å²) in [6.07, 6.45) is 0. The highest BCUT2D eigenvalue weighted by molar-refractivity contribution is 6.30. The van der Waals surface area contributed by atoms with E-state index in [4.69, 9.17) is 16.3 Å². The first-order chi connectivity index (χ1) is 8.81. The molecule has 0 atom stereocenters.